The second-order valence-corrected chi connectivity index (χ2v) is 5.45. The number of halogens is 1. The van der Waals surface area contributed by atoms with Crippen LogP contribution in [-0.4, -0.2) is 37.8 Å². The van der Waals surface area contributed by atoms with Gasteiger partial charge in [0.2, 0.25) is 17.2 Å². The van der Waals surface area contributed by atoms with E-state index in [1.807, 2.05) is 19.3 Å². The van der Waals surface area contributed by atoms with Gasteiger partial charge in [0.05, 0.1) is 12.2 Å². The number of piperidine rings is 1. The first-order chi connectivity index (χ1) is 10.2. The minimum atomic E-state index is 0.217. The number of nitrogens with one attached hydrogen (secondary N) is 1. The highest BCUT2D eigenvalue weighted by molar-refractivity contribution is 6.28. The maximum absolute atomic E-state index is 6.01. The highest BCUT2D eigenvalue weighted by Crippen LogP contribution is 2.18. The Morgan fingerprint density at radius 3 is 2.71 bits per heavy atom. The summed E-state index contributed by atoms with van der Waals surface area (Å²) in [6.07, 6.45) is 5.50. The summed E-state index contributed by atoms with van der Waals surface area (Å²) < 4.78 is 1.76. The Balaban J connectivity index is 1.71. The van der Waals surface area contributed by atoms with Crippen LogP contribution in [0.25, 0.3) is 0 Å². The third-order valence-electron chi connectivity index (χ3n) is 3.43. The van der Waals surface area contributed by atoms with Crippen molar-refractivity contribution in [3.05, 3.63) is 23.2 Å². The topological polar surface area (TPSA) is 71.8 Å². The zero-order valence-electron chi connectivity index (χ0n) is 12.0. The van der Waals surface area contributed by atoms with Crippen molar-refractivity contribution in [2.24, 2.45) is 7.05 Å². The Bertz CT molecular complexity index is 606. The second kappa shape index (κ2) is 6.26. The molecule has 1 saturated heterocycles. The van der Waals surface area contributed by atoms with Crippen molar-refractivity contribution in [2.75, 3.05) is 23.3 Å². The summed E-state index contributed by atoms with van der Waals surface area (Å²) in [5.74, 6) is 1.14. The van der Waals surface area contributed by atoms with Gasteiger partial charge in [0, 0.05) is 26.3 Å². The van der Waals surface area contributed by atoms with Gasteiger partial charge in [0.25, 0.3) is 0 Å². The van der Waals surface area contributed by atoms with E-state index in [4.69, 9.17) is 11.6 Å². The molecular formula is C13H18ClN7. The summed E-state index contributed by atoms with van der Waals surface area (Å²) in [4.78, 5) is 15.0. The average molecular weight is 308 g/mol. The molecule has 0 amide bonds. The molecule has 0 radical (unpaired) electrons. The largest absolute Gasteiger partial charge is 0.348 e. The summed E-state index contributed by atoms with van der Waals surface area (Å²) in [6, 6.07) is 1.95. The number of aromatic nitrogens is 5. The first-order valence-electron chi connectivity index (χ1n) is 7.09. The van der Waals surface area contributed by atoms with Crippen LogP contribution in [0.1, 0.15) is 25.0 Å². The molecule has 0 saturated carbocycles. The van der Waals surface area contributed by atoms with E-state index in [2.05, 4.69) is 30.3 Å². The molecule has 0 atom stereocenters. The Hall–Kier alpha value is -1.89. The van der Waals surface area contributed by atoms with Crippen LogP contribution >= 0.6 is 11.6 Å². The van der Waals surface area contributed by atoms with Gasteiger partial charge in [-0.25, -0.2) is 0 Å². The van der Waals surface area contributed by atoms with E-state index in [0.29, 0.717) is 18.4 Å². The van der Waals surface area contributed by atoms with Gasteiger partial charge in [-0.1, -0.05) is 0 Å². The second-order valence-electron chi connectivity index (χ2n) is 5.11. The number of hydrogen-bond donors (Lipinski definition) is 1. The molecule has 3 rings (SSSR count). The average Bonchev–Trinajstić information content (AvgIpc) is 2.91. The van der Waals surface area contributed by atoms with E-state index in [0.717, 1.165) is 18.8 Å². The zero-order chi connectivity index (χ0) is 14.7. The maximum Gasteiger partial charge on any atom is 0.231 e. The quantitative estimate of drug-likeness (QED) is 0.929. The van der Waals surface area contributed by atoms with Gasteiger partial charge < -0.3 is 10.2 Å². The highest BCUT2D eigenvalue weighted by Gasteiger charge is 2.15. The number of aryl methyl sites for hydroxylation is 1. The molecule has 2 aromatic rings. The molecule has 21 heavy (non-hydrogen) atoms. The van der Waals surface area contributed by atoms with Gasteiger partial charge in [0.1, 0.15) is 0 Å². The van der Waals surface area contributed by atoms with Crippen LogP contribution in [0, 0.1) is 0 Å². The van der Waals surface area contributed by atoms with Gasteiger partial charge in [-0.2, -0.15) is 20.1 Å². The molecule has 1 N–H and O–H groups in total. The van der Waals surface area contributed by atoms with Crippen LogP contribution in [0.15, 0.2) is 12.3 Å². The molecule has 0 aromatic carbocycles. The van der Waals surface area contributed by atoms with Gasteiger partial charge in [-0.3, -0.25) is 4.68 Å². The van der Waals surface area contributed by atoms with Crippen LogP contribution in [0.4, 0.5) is 11.9 Å². The monoisotopic (exact) mass is 307 g/mol. The summed E-state index contributed by atoms with van der Waals surface area (Å²) >= 11 is 6.01. The molecule has 0 bridgehead atoms. The Morgan fingerprint density at radius 1 is 1.19 bits per heavy atom. The molecule has 2 aromatic heterocycles. The SMILES string of the molecule is Cn1ccc(CNc2nc(Cl)nc(N3CCCCC3)n2)n1. The first-order valence-corrected chi connectivity index (χ1v) is 7.47. The summed E-state index contributed by atoms with van der Waals surface area (Å²) in [5.41, 5.74) is 0.925. The molecule has 1 fully saturated rings. The number of anilines is 2. The highest BCUT2D eigenvalue weighted by atomic mass is 35.5. The van der Waals surface area contributed by atoms with Crippen molar-refractivity contribution in [1.82, 2.24) is 24.7 Å². The lowest BCUT2D eigenvalue weighted by Crippen LogP contribution is -2.31. The Kier molecular flexibility index (Phi) is 4.19. The predicted molar refractivity (Wildman–Crippen MR) is 81.4 cm³/mol. The van der Waals surface area contributed by atoms with Crippen LogP contribution < -0.4 is 10.2 Å². The normalized spacial score (nSPS) is 15.2. The molecule has 7 nitrogen and oxygen atoms in total. The van der Waals surface area contributed by atoms with Crippen molar-refractivity contribution in [2.45, 2.75) is 25.8 Å². The molecule has 0 aliphatic carbocycles. The van der Waals surface area contributed by atoms with Crippen molar-refractivity contribution >= 4 is 23.5 Å². The summed E-state index contributed by atoms with van der Waals surface area (Å²) in [7, 11) is 1.89. The van der Waals surface area contributed by atoms with E-state index in [1.165, 1.54) is 19.3 Å². The minimum Gasteiger partial charge on any atom is -0.348 e. The number of hydrogen-bond acceptors (Lipinski definition) is 6. The van der Waals surface area contributed by atoms with E-state index in [-0.39, 0.29) is 5.28 Å². The fraction of sp³-hybridized carbons (Fsp3) is 0.538. The lowest BCUT2D eigenvalue weighted by Gasteiger charge is -2.26. The summed E-state index contributed by atoms with van der Waals surface area (Å²) in [6.45, 7) is 2.50. The zero-order valence-corrected chi connectivity index (χ0v) is 12.7. The number of nitrogens with zero attached hydrogens (tertiary/aromatic N) is 6. The fourth-order valence-electron chi connectivity index (χ4n) is 2.38. The standard InChI is InChI=1S/C13H18ClN7/c1-20-8-5-10(19-20)9-15-12-16-11(14)17-13(18-12)21-6-3-2-4-7-21/h5,8H,2-4,6-7,9H2,1H3,(H,15,16,17,18). The molecular weight excluding hydrogens is 290 g/mol. The van der Waals surface area contributed by atoms with E-state index < -0.39 is 0 Å². The number of rotatable bonds is 4. The summed E-state index contributed by atoms with van der Waals surface area (Å²) in [5, 5.41) is 7.66. The van der Waals surface area contributed by atoms with Gasteiger partial charge in [-0.15, -0.1) is 0 Å². The third-order valence-corrected chi connectivity index (χ3v) is 3.60. The van der Waals surface area contributed by atoms with E-state index in [1.54, 1.807) is 4.68 Å². The van der Waals surface area contributed by atoms with Crippen molar-refractivity contribution in [3.63, 3.8) is 0 Å². The van der Waals surface area contributed by atoms with Crippen LogP contribution in [0.3, 0.4) is 0 Å². The predicted octanol–water partition coefficient (Wildman–Crippen LogP) is 1.86. The van der Waals surface area contributed by atoms with Gasteiger partial charge in [0.15, 0.2) is 0 Å². The van der Waals surface area contributed by atoms with E-state index >= 15 is 0 Å². The minimum absolute atomic E-state index is 0.217. The Morgan fingerprint density at radius 2 is 2.00 bits per heavy atom. The van der Waals surface area contributed by atoms with Gasteiger partial charge >= 0.3 is 0 Å². The smallest absolute Gasteiger partial charge is 0.231 e. The molecule has 112 valence electrons. The van der Waals surface area contributed by atoms with Crippen LogP contribution in [-0.2, 0) is 13.6 Å². The first kappa shape index (κ1) is 14.1. The molecule has 1 aliphatic heterocycles. The fourth-order valence-corrected chi connectivity index (χ4v) is 2.54. The molecule has 3 heterocycles. The molecule has 1 aliphatic rings. The Labute approximate surface area is 128 Å². The lowest BCUT2D eigenvalue weighted by molar-refractivity contribution is 0.567. The van der Waals surface area contributed by atoms with Crippen LogP contribution in [0.2, 0.25) is 5.28 Å². The maximum atomic E-state index is 6.01. The molecule has 0 spiro atoms. The molecule has 8 heteroatoms. The molecule has 0 unspecified atom stereocenters. The third kappa shape index (κ3) is 3.60. The van der Waals surface area contributed by atoms with Crippen molar-refractivity contribution < 1.29 is 0 Å². The van der Waals surface area contributed by atoms with Crippen molar-refractivity contribution in [3.8, 4) is 0 Å². The van der Waals surface area contributed by atoms with Crippen molar-refractivity contribution in [1.29, 1.82) is 0 Å². The lowest BCUT2D eigenvalue weighted by atomic mass is 10.1. The van der Waals surface area contributed by atoms with E-state index in [9.17, 15) is 0 Å². The van der Waals surface area contributed by atoms with Gasteiger partial charge in [-0.05, 0) is 36.9 Å². The van der Waals surface area contributed by atoms with Crippen LogP contribution in [0.5, 0.6) is 0 Å².